The zero-order valence-corrected chi connectivity index (χ0v) is 33.3. The van der Waals surface area contributed by atoms with Gasteiger partial charge in [-0.25, -0.2) is 9.78 Å². The number of nitrogens with one attached hydrogen (secondary N) is 3. The van der Waals surface area contributed by atoms with Gasteiger partial charge in [0, 0.05) is 82.9 Å². The molecular formula is C41H53N11O6. The fraction of sp³-hybridized carbons (Fsp3) is 0.561. The highest BCUT2D eigenvalue weighted by Crippen LogP contribution is 2.33. The SMILES string of the molecule is CCOC(=O)c1cnc(Nc2cnn(C)c2)nc1NC1CCC(N2CCN(CCC3CCN(c4ccc5c(c4)C(=O)N(C4CCC(=O)NC4=O)C5=O)CC3)CC2)CC1. The molecule has 3 N–H and O–H groups in total. The van der Waals surface area contributed by atoms with Gasteiger partial charge in [-0.15, -0.1) is 0 Å². The summed E-state index contributed by atoms with van der Waals surface area (Å²) in [5.74, 6) is -0.851. The molecule has 1 unspecified atom stereocenters. The van der Waals surface area contributed by atoms with Gasteiger partial charge >= 0.3 is 5.97 Å². The van der Waals surface area contributed by atoms with Crippen LogP contribution in [0.15, 0.2) is 36.8 Å². The van der Waals surface area contributed by atoms with Crippen LogP contribution in [0.5, 0.6) is 0 Å². The van der Waals surface area contributed by atoms with Crippen LogP contribution in [-0.2, 0) is 21.4 Å². The van der Waals surface area contributed by atoms with Crippen molar-refractivity contribution in [2.75, 3.05) is 68.0 Å². The van der Waals surface area contributed by atoms with E-state index in [2.05, 4.69) is 45.7 Å². The van der Waals surface area contributed by atoms with Gasteiger partial charge in [0.25, 0.3) is 11.8 Å². The van der Waals surface area contributed by atoms with Crippen molar-refractivity contribution in [3.63, 3.8) is 0 Å². The summed E-state index contributed by atoms with van der Waals surface area (Å²) in [6.07, 6.45) is 12.8. The van der Waals surface area contributed by atoms with Gasteiger partial charge in [0.15, 0.2) is 0 Å². The molecule has 2 aromatic heterocycles. The van der Waals surface area contributed by atoms with Crippen molar-refractivity contribution in [2.24, 2.45) is 13.0 Å². The molecule has 4 amide bonds. The summed E-state index contributed by atoms with van der Waals surface area (Å²) in [6, 6.07) is 5.19. The van der Waals surface area contributed by atoms with Gasteiger partial charge in [0.1, 0.15) is 17.4 Å². The van der Waals surface area contributed by atoms with E-state index in [0.29, 0.717) is 40.4 Å². The molecule has 6 heterocycles. The largest absolute Gasteiger partial charge is 0.462 e. The lowest BCUT2D eigenvalue weighted by atomic mass is 9.89. The number of aryl methyl sites for hydroxylation is 1. The number of rotatable bonds is 12. The highest BCUT2D eigenvalue weighted by molar-refractivity contribution is 6.23. The number of nitrogens with zero attached hydrogens (tertiary/aromatic N) is 8. The maximum absolute atomic E-state index is 13.3. The summed E-state index contributed by atoms with van der Waals surface area (Å²) in [5, 5.41) is 13.2. The van der Waals surface area contributed by atoms with Crippen molar-refractivity contribution in [3.8, 4) is 0 Å². The number of ether oxygens (including phenoxy) is 1. The molecule has 17 nitrogen and oxygen atoms in total. The Bertz CT molecular complexity index is 2030. The average molecular weight is 796 g/mol. The summed E-state index contributed by atoms with van der Waals surface area (Å²) < 4.78 is 6.99. The van der Waals surface area contributed by atoms with Crippen LogP contribution in [0.25, 0.3) is 0 Å². The Balaban J connectivity index is 0.762. The summed E-state index contributed by atoms with van der Waals surface area (Å²) >= 11 is 0. The minimum atomic E-state index is -0.960. The van der Waals surface area contributed by atoms with Gasteiger partial charge in [-0.05, 0) is 89.0 Å². The van der Waals surface area contributed by atoms with Gasteiger partial charge in [0.05, 0.1) is 29.6 Å². The number of hydrogen-bond acceptors (Lipinski definition) is 14. The number of imide groups is 2. The number of carbonyl (C=O) groups is 5. The smallest absolute Gasteiger partial charge is 0.343 e. The Morgan fingerprint density at radius 3 is 2.38 bits per heavy atom. The topological polar surface area (TPSA) is 187 Å². The molecule has 4 fully saturated rings. The Morgan fingerprint density at radius 2 is 1.67 bits per heavy atom. The second-order valence-corrected chi connectivity index (χ2v) is 16.1. The quantitative estimate of drug-likeness (QED) is 0.179. The third-order valence-corrected chi connectivity index (χ3v) is 12.5. The number of hydrogen-bond donors (Lipinski definition) is 3. The van der Waals surface area contributed by atoms with E-state index in [1.807, 2.05) is 19.3 Å². The average Bonchev–Trinajstić information content (AvgIpc) is 3.75. The first-order valence-corrected chi connectivity index (χ1v) is 20.8. The number of carbonyl (C=O) groups excluding carboxylic acids is 5. The normalized spacial score (nSPS) is 23.5. The highest BCUT2D eigenvalue weighted by Gasteiger charge is 2.45. The first kappa shape index (κ1) is 39.4. The van der Waals surface area contributed by atoms with E-state index in [4.69, 9.17) is 4.74 Å². The molecule has 1 aliphatic carbocycles. The van der Waals surface area contributed by atoms with Crippen LogP contribution in [0.2, 0.25) is 0 Å². The molecule has 4 aliphatic heterocycles. The third kappa shape index (κ3) is 8.55. The molecule has 1 atom stereocenters. The van der Waals surface area contributed by atoms with E-state index in [0.717, 1.165) is 101 Å². The molecule has 0 spiro atoms. The Labute approximate surface area is 337 Å². The number of aromatic nitrogens is 4. The van der Waals surface area contributed by atoms with Crippen molar-refractivity contribution >= 4 is 52.7 Å². The van der Waals surface area contributed by atoms with Crippen LogP contribution in [0.3, 0.4) is 0 Å². The predicted octanol–water partition coefficient (Wildman–Crippen LogP) is 3.18. The molecule has 17 heteroatoms. The molecule has 0 radical (unpaired) electrons. The first-order chi connectivity index (χ1) is 28.1. The van der Waals surface area contributed by atoms with Crippen LogP contribution in [-0.4, -0.2) is 135 Å². The van der Waals surface area contributed by atoms with Crippen molar-refractivity contribution in [1.29, 1.82) is 0 Å². The second kappa shape index (κ2) is 17.2. The predicted molar refractivity (Wildman–Crippen MR) is 215 cm³/mol. The molecule has 8 rings (SSSR count). The maximum Gasteiger partial charge on any atom is 0.343 e. The monoisotopic (exact) mass is 795 g/mol. The number of piperazine rings is 1. The van der Waals surface area contributed by atoms with E-state index in [1.165, 1.54) is 12.6 Å². The van der Waals surface area contributed by atoms with Gasteiger partial charge in [0.2, 0.25) is 17.8 Å². The first-order valence-electron chi connectivity index (χ1n) is 20.8. The van der Waals surface area contributed by atoms with Crippen LogP contribution < -0.4 is 20.9 Å². The van der Waals surface area contributed by atoms with E-state index in [9.17, 15) is 24.0 Å². The second-order valence-electron chi connectivity index (χ2n) is 16.1. The Hall–Kier alpha value is -5.42. The van der Waals surface area contributed by atoms with E-state index < -0.39 is 29.7 Å². The van der Waals surface area contributed by atoms with Gasteiger partial charge in [-0.3, -0.25) is 39.0 Å². The molecule has 1 aromatic carbocycles. The third-order valence-electron chi connectivity index (χ3n) is 12.5. The van der Waals surface area contributed by atoms with Crippen LogP contribution >= 0.6 is 0 Å². The Morgan fingerprint density at radius 1 is 0.914 bits per heavy atom. The summed E-state index contributed by atoms with van der Waals surface area (Å²) in [7, 11) is 1.84. The van der Waals surface area contributed by atoms with E-state index in [-0.39, 0.29) is 31.4 Å². The molecule has 5 aliphatic rings. The minimum absolute atomic E-state index is 0.101. The lowest BCUT2D eigenvalue weighted by Gasteiger charge is -2.42. The summed E-state index contributed by atoms with van der Waals surface area (Å²) in [4.78, 5) is 80.9. The van der Waals surface area contributed by atoms with Crippen molar-refractivity contribution in [3.05, 3.63) is 53.5 Å². The van der Waals surface area contributed by atoms with Crippen molar-refractivity contribution in [2.45, 2.75) is 82.8 Å². The number of fused-ring (bicyclic) bond motifs is 1. The summed E-state index contributed by atoms with van der Waals surface area (Å²) in [6.45, 7) is 9.23. The number of anilines is 4. The Kier molecular flexibility index (Phi) is 11.7. The number of piperidine rings is 2. The van der Waals surface area contributed by atoms with Gasteiger partial charge in [-0.2, -0.15) is 10.1 Å². The molecular weight excluding hydrogens is 743 g/mol. The molecule has 1 saturated carbocycles. The molecule has 3 saturated heterocycles. The van der Waals surface area contributed by atoms with Gasteiger partial charge in [-0.1, -0.05) is 0 Å². The zero-order chi connectivity index (χ0) is 40.3. The zero-order valence-electron chi connectivity index (χ0n) is 33.3. The minimum Gasteiger partial charge on any atom is -0.462 e. The lowest BCUT2D eigenvalue weighted by molar-refractivity contribution is -0.136. The summed E-state index contributed by atoms with van der Waals surface area (Å²) in [5.41, 5.74) is 2.65. The number of benzene rings is 1. The van der Waals surface area contributed by atoms with Crippen LogP contribution in [0.4, 0.5) is 23.1 Å². The van der Waals surface area contributed by atoms with Crippen LogP contribution in [0.1, 0.15) is 95.8 Å². The van der Waals surface area contributed by atoms with Crippen molar-refractivity contribution in [1.82, 2.24) is 39.8 Å². The molecule has 3 aromatic rings. The molecule has 58 heavy (non-hydrogen) atoms. The highest BCUT2D eigenvalue weighted by atomic mass is 16.5. The fourth-order valence-corrected chi connectivity index (χ4v) is 9.16. The maximum atomic E-state index is 13.3. The lowest BCUT2D eigenvalue weighted by Crippen LogP contribution is -2.54. The van der Waals surface area contributed by atoms with Crippen molar-refractivity contribution < 1.29 is 28.7 Å². The standard InChI is InChI=1S/C41H53N11O6/c1-3-58-40(57)33-24-42-41(45-28-23-43-48(2)25-28)47-36(33)44-27-4-6-29(7-5-27)51-20-18-49(19-21-51)15-12-26-13-16-50(17-14-26)30-8-9-31-32(22-30)39(56)52(38(31)55)34-10-11-35(53)46-37(34)54/h8-9,22-27,29,34H,3-7,10-21H2,1-2H3,(H,46,53,54)(H2,42,44,45,47). The van der Waals surface area contributed by atoms with E-state index >= 15 is 0 Å². The molecule has 0 bridgehead atoms. The molecule has 308 valence electrons. The van der Waals surface area contributed by atoms with Crippen LogP contribution in [0, 0.1) is 5.92 Å². The van der Waals surface area contributed by atoms with E-state index in [1.54, 1.807) is 29.9 Å². The number of amides is 4. The van der Waals surface area contributed by atoms with Gasteiger partial charge < -0.3 is 25.2 Å². The fourth-order valence-electron chi connectivity index (χ4n) is 9.16. The number of esters is 1.